The Labute approximate surface area is 123 Å². The van der Waals surface area contributed by atoms with Gasteiger partial charge in [-0.25, -0.2) is 9.97 Å². The van der Waals surface area contributed by atoms with Crippen LogP contribution in [0.25, 0.3) is 5.65 Å². The Balaban J connectivity index is 1.93. The van der Waals surface area contributed by atoms with E-state index in [4.69, 9.17) is 4.42 Å². The quantitative estimate of drug-likeness (QED) is 0.754. The molecule has 0 saturated heterocycles. The van der Waals surface area contributed by atoms with Crippen molar-refractivity contribution in [3.8, 4) is 0 Å². The highest BCUT2D eigenvalue weighted by Crippen LogP contribution is 2.21. The molecule has 0 aliphatic carbocycles. The van der Waals surface area contributed by atoms with Gasteiger partial charge in [0.05, 0.1) is 19.0 Å². The third-order valence-electron chi connectivity index (χ3n) is 3.25. The summed E-state index contributed by atoms with van der Waals surface area (Å²) in [5.41, 5.74) is 0.839. The minimum Gasteiger partial charge on any atom is -0.467 e. The molecule has 6 heteroatoms. The summed E-state index contributed by atoms with van der Waals surface area (Å²) in [6, 6.07) is 3.85. The topological polar surface area (TPSA) is 58.6 Å². The van der Waals surface area contributed by atoms with Crippen molar-refractivity contribution in [1.29, 1.82) is 0 Å². The molecule has 0 bridgehead atoms. The molecule has 21 heavy (non-hydrogen) atoms. The van der Waals surface area contributed by atoms with Gasteiger partial charge in [0, 0.05) is 26.0 Å². The van der Waals surface area contributed by atoms with Gasteiger partial charge in [-0.2, -0.15) is 0 Å². The van der Waals surface area contributed by atoms with Crippen LogP contribution in [-0.2, 0) is 6.54 Å². The molecule has 3 aromatic rings. The molecule has 0 amide bonds. The highest BCUT2D eigenvalue weighted by molar-refractivity contribution is 5.66. The van der Waals surface area contributed by atoms with Crippen LogP contribution >= 0.6 is 0 Å². The highest BCUT2D eigenvalue weighted by atomic mass is 16.3. The monoisotopic (exact) mass is 285 g/mol. The SMILES string of the molecule is CCCNc1cn2ccnc2c(N(C)Cc2ccco2)n1. The predicted molar refractivity (Wildman–Crippen MR) is 82.6 cm³/mol. The molecule has 0 spiro atoms. The summed E-state index contributed by atoms with van der Waals surface area (Å²) in [5.74, 6) is 2.58. The lowest BCUT2D eigenvalue weighted by atomic mass is 10.4. The van der Waals surface area contributed by atoms with E-state index >= 15 is 0 Å². The Morgan fingerprint density at radius 3 is 3.10 bits per heavy atom. The first-order valence-electron chi connectivity index (χ1n) is 7.09. The van der Waals surface area contributed by atoms with E-state index in [1.165, 1.54) is 0 Å². The lowest BCUT2D eigenvalue weighted by Gasteiger charge is -2.18. The number of hydrogen-bond donors (Lipinski definition) is 1. The summed E-state index contributed by atoms with van der Waals surface area (Å²) in [4.78, 5) is 11.1. The lowest BCUT2D eigenvalue weighted by molar-refractivity contribution is 0.507. The summed E-state index contributed by atoms with van der Waals surface area (Å²) in [6.45, 7) is 3.68. The Kier molecular flexibility index (Phi) is 3.77. The maximum absolute atomic E-state index is 5.40. The Morgan fingerprint density at radius 1 is 1.43 bits per heavy atom. The van der Waals surface area contributed by atoms with Gasteiger partial charge in [0.2, 0.25) is 0 Å². The first-order valence-corrected chi connectivity index (χ1v) is 7.09. The highest BCUT2D eigenvalue weighted by Gasteiger charge is 2.13. The first-order chi connectivity index (χ1) is 10.3. The summed E-state index contributed by atoms with van der Waals surface area (Å²) in [7, 11) is 1.99. The van der Waals surface area contributed by atoms with Crippen LogP contribution in [0, 0.1) is 0 Å². The average molecular weight is 285 g/mol. The minimum atomic E-state index is 0.653. The van der Waals surface area contributed by atoms with E-state index < -0.39 is 0 Å². The molecule has 0 aliphatic rings. The number of aromatic nitrogens is 3. The third-order valence-corrected chi connectivity index (χ3v) is 3.25. The molecule has 0 fully saturated rings. The lowest BCUT2D eigenvalue weighted by Crippen LogP contribution is -2.19. The zero-order chi connectivity index (χ0) is 14.7. The van der Waals surface area contributed by atoms with Crippen LogP contribution in [-0.4, -0.2) is 28.0 Å². The van der Waals surface area contributed by atoms with E-state index in [9.17, 15) is 0 Å². The zero-order valence-corrected chi connectivity index (χ0v) is 12.3. The number of nitrogens with zero attached hydrogens (tertiary/aromatic N) is 4. The van der Waals surface area contributed by atoms with Crippen LogP contribution in [0.3, 0.4) is 0 Å². The molecule has 3 aromatic heterocycles. The molecule has 0 unspecified atom stereocenters. The van der Waals surface area contributed by atoms with E-state index in [1.54, 1.807) is 12.5 Å². The number of hydrogen-bond acceptors (Lipinski definition) is 5. The predicted octanol–water partition coefficient (Wildman–Crippen LogP) is 2.78. The fourth-order valence-corrected chi connectivity index (χ4v) is 2.22. The average Bonchev–Trinajstić information content (AvgIpc) is 3.14. The third kappa shape index (κ3) is 2.84. The van der Waals surface area contributed by atoms with Crippen LogP contribution < -0.4 is 10.2 Å². The number of rotatable bonds is 6. The number of nitrogens with one attached hydrogen (secondary N) is 1. The summed E-state index contributed by atoms with van der Waals surface area (Å²) in [5, 5.41) is 3.32. The molecule has 0 atom stereocenters. The van der Waals surface area contributed by atoms with Crippen molar-refractivity contribution in [2.45, 2.75) is 19.9 Å². The van der Waals surface area contributed by atoms with E-state index in [-0.39, 0.29) is 0 Å². The molecule has 0 saturated carbocycles. The van der Waals surface area contributed by atoms with E-state index in [0.717, 1.165) is 36.0 Å². The summed E-state index contributed by atoms with van der Waals surface area (Å²) >= 11 is 0. The van der Waals surface area contributed by atoms with Gasteiger partial charge in [-0.05, 0) is 18.6 Å². The smallest absolute Gasteiger partial charge is 0.180 e. The van der Waals surface area contributed by atoms with Crippen molar-refractivity contribution in [2.24, 2.45) is 0 Å². The second-order valence-electron chi connectivity index (χ2n) is 4.97. The molecule has 110 valence electrons. The van der Waals surface area contributed by atoms with Crippen molar-refractivity contribution in [3.05, 3.63) is 42.7 Å². The Morgan fingerprint density at radius 2 is 2.33 bits per heavy atom. The van der Waals surface area contributed by atoms with Gasteiger partial charge in [-0.3, -0.25) is 0 Å². The van der Waals surface area contributed by atoms with E-state index in [2.05, 4.69) is 22.2 Å². The van der Waals surface area contributed by atoms with Crippen molar-refractivity contribution in [2.75, 3.05) is 23.8 Å². The minimum absolute atomic E-state index is 0.653. The van der Waals surface area contributed by atoms with Crippen LogP contribution in [0.15, 0.2) is 41.4 Å². The fourth-order valence-electron chi connectivity index (χ4n) is 2.22. The molecular weight excluding hydrogens is 266 g/mol. The molecule has 1 N–H and O–H groups in total. The number of furan rings is 1. The van der Waals surface area contributed by atoms with Crippen molar-refractivity contribution >= 4 is 17.3 Å². The summed E-state index contributed by atoms with van der Waals surface area (Å²) < 4.78 is 7.39. The molecule has 6 nitrogen and oxygen atoms in total. The maximum Gasteiger partial charge on any atom is 0.180 e. The first kappa shape index (κ1) is 13.5. The second-order valence-corrected chi connectivity index (χ2v) is 4.97. The van der Waals surface area contributed by atoms with Gasteiger partial charge >= 0.3 is 0 Å². The van der Waals surface area contributed by atoms with Crippen LogP contribution in [0.1, 0.15) is 19.1 Å². The fraction of sp³-hybridized carbons (Fsp3) is 0.333. The van der Waals surface area contributed by atoms with E-state index in [1.807, 2.05) is 40.9 Å². The molecular formula is C15H19N5O. The maximum atomic E-state index is 5.40. The van der Waals surface area contributed by atoms with Crippen molar-refractivity contribution in [1.82, 2.24) is 14.4 Å². The van der Waals surface area contributed by atoms with Crippen molar-refractivity contribution in [3.63, 3.8) is 0 Å². The van der Waals surface area contributed by atoms with Crippen LogP contribution in [0.4, 0.5) is 11.6 Å². The van der Waals surface area contributed by atoms with Gasteiger partial charge in [0.25, 0.3) is 0 Å². The Bertz CT molecular complexity index is 704. The number of anilines is 2. The van der Waals surface area contributed by atoms with Gasteiger partial charge in [0.1, 0.15) is 11.6 Å². The molecule has 3 heterocycles. The van der Waals surface area contributed by atoms with Crippen molar-refractivity contribution < 1.29 is 4.42 Å². The zero-order valence-electron chi connectivity index (χ0n) is 12.3. The van der Waals surface area contributed by atoms with Crippen LogP contribution in [0.2, 0.25) is 0 Å². The van der Waals surface area contributed by atoms with Gasteiger partial charge in [0.15, 0.2) is 11.5 Å². The number of imidazole rings is 1. The van der Waals surface area contributed by atoms with Gasteiger partial charge < -0.3 is 19.0 Å². The van der Waals surface area contributed by atoms with Crippen LogP contribution in [0.5, 0.6) is 0 Å². The Hall–Kier alpha value is -2.50. The number of fused-ring (bicyclic) bond motifs is 1. The summed E-state index contributed by atoms with van der Waals surface area (Å²) in [6.07, 6.45) is 8.41. The van der Waals surface area contributed by atoms with Gasteiger partial charge in [-0.15, -0.1) is 0 Å². The van der Waals surface area contributed by atoms with Gasteiger partial charge in [-0.1, -0.05) is 6.92 Å². The molecule has 0 radical (unpaired) electrons. The largest absolute Gasteiger partial charge is 0.467 e. The second kappa shape index (κ2) is 5.87. The standard InChI is InChI=1S/C15H19N5O/c1-3-6-16-13-11-20-8-7-17-14(20)15(18-13)19(2)10-12-5-4-9-21-12/h4-5,7-9,11,16H,3,6,10H2,1-2H3. The normalized spacial score (nSPS) is 11.0. The molecule has 0 aliphatic heterocycles. The van der Waals surface area contributed by atoms with E-state index in [0.29, 0.717) is 6.54 Å². The molecule has 3 rings (SSSR count). The molecule has 0 aromatic carbocycles.